The summed E-state index contributed by atoms with van der Waals surface area (Å²) in [5, 5.41) is 0. The summed E-state index contributed by atoms with van der Waals surface area (Å²) in [6.07, 6.45) is 9.15. The normalized spacial score (nSPS) is 34.8. The Kier molecular flexibility index (Phi) is 3.19. The predicted octanol–water partition coefficient (Wildman–Crippen LogP) is 3.80. The van der Waals surface area contributed by atoms with E-state index in [9.17, 15) is 0 Å². The van der Waals surface area contributed by atoms with E-state index in [0.717, 1.165) is 12.3 Å². The summed E-state index contributed by atoms with van der Waals surface area (Å²) in [6, 6.07) is 9.46. The standard InChI is InChI=1S/C17H25N/c1-2-10-17-11-6-5-9-15(17)16(18)12-13-7-3-4-8-14(13)17/h3-4,7-8,15-16H,2,5-6,9-12,18H2,1H3/t15-,16+,17+/m0/s1. The maximum absolute atomic E-state index is 6.52. The average molecular weight is 243 g/mol. The van der Waals surface area contributed by atoms with Gasteiger partial charge in [0.05, 0.1) is 0 Å². The van der Waals surface area contributed by atoms with Gasteiger partial charge in [0, 0.05) is 6.04 Å². The van der Waals surface area contributed by atoms with Gasteiger partial charge >= 0.3 is 0 Å². The Morgan fingerprint density at radius 1 is 1.28 bits per heavy atom. The topological polar surface area (TPSA) is 26.0 Å². The van der Waals surface area contributed by atoms with E-state index in [-0.39, 0.29) is 0 Å². The zero-order valence-electron chi connectivity index (χ0n) is 11.5. The molecule has 18 heavy (non-hydrogen) atoms. The van der Waals surface area contributed by atoms with Crippen molar-refractivity contribution in [1.82, 2.24) is 0 Å². The Morgan fingerprint density at radius 2 is 2.11 bits per heavy atom. The Morgan fingerprint density at radius 3 is 2.94 bits per heavy atom. The fraction of sp³-hybridized carbons (Fsp3) is 0.647. The molecular formula is C17H25N. The van der Waals surface area contributed by atoms with Crippen molar-refractivity contribution in [2.75, 3.05) is 0 Å². The fourth-order valence-corrected chi connectivity index (χ4v) is 4.70. The van der Waals surface area contributed by atoms with Gasteiger partial charge in [0.15, 0.2) is 0 Å². The summed E-state index contributed by atoms with van der Waals surface area (Å²) in [4.78, 5) is 0. The van der Waals surface area contributed by atoms with Crippen molar-refractivity contribution in [3.63, 3.8) is 0 Å². The van der Waals surface area contributed by atoms with Crippen LogP contribution in [0.5, 0.6) is 0 Å². The molecule has 0 unspecified atom stereocenters. The fourth-order valence-electron chi connectivity index (χ4n) is 4.70. The molecule has 0 amide bonds. The molecule has 0 spiro atoms. The molecule has 0 heterocycles. The molecule has 1 aromatic carbocycles. The van der Waals surface area contributed by atoms with Crippen LogP contribution in [0.1, 0.15) is 56.6 Å². The number of fused-ring (bicyclic) bond motifs is 3. The molecule has 1 heteroatoms. The number of hydrogen-bond acceptors (Lipinski definition) is 1. The Labute approximate surface area is 111 Å². The van der Waals surface area contributed by atoms with E-state index in [4.69, 9.17) is 5.73 Å². The van der Waals surface area contributed by atoms with Crippen LogP contribution in [0.2, 0.25) is 0 Å². The zero-order chi connectivity index (χ0) is 12.6. The average Bonchev–Trinajstić information content (AvgIpc) is 2.39. The minimum atomic E-state index is 0.381. The van der Waals surface area contributed by atoms with Gasteiger partial charge in [-0.25, -0.2) is 0 Å². The highest BCUT2D eigenvalue weighted by atomic mass is 14.7. The monoisotopic (exact) mass is 243 g/mol. The lowest BCUT2D eigenvalue weighted by Gasteiger charge is -2.51. The first-order valence-corrected chi connectivity index (χ1v) is 7.62. The third kappa shape index (κ3) is 1.72. The van der Waals surface area contributed by atoms with Crippen LogP contribution in [0.4, 0.5) is 0 Å². The highest BCUT2D eigenvalue weighted by molar-refractivity contribution is 5.39. The first kappa shape index (κ1) is 12.2. The SMILES string of the molecule is CCC[C@]12CCCC[C@H]1[C@H](N)Cc1ccccc12. The van der Waals surface area contributed by atoms with E-state index in [1.165, 1.54) is 44.1 Å². The van der Waals surface area contributed by atoms with Gasteiger partial charge in [-0.1, -0.05) is 50.5 Å². The first-order chi connectivity index (χ1) is 8.78. The highest BCUT2D eigenvalue weighted by Gasteiger charge is 2.47. The van der Waals surface area contributed by atoms with E-state index in [2.05, 4.69) is 31.2 Å². The van der Waals surface area contributed by atoms with Crippen molar-refractivity contribution in [3.05, 3.63) is 35.4 Å². The van der Waals surface area contributed by atoms with Gasteiger partial charge in [-0.05, 0) is 48.1 Å². The number of nitrogens with two attached hydrogens (primary N) is 1. The summed E-state index contributed by atoms with van der Waals surface area (Å²) < 4.78 is 0. The summed E-state index contributed by atoms with van der Waals surface area (Å²) in [5.74, 6) is 0.723. The number of benzene rings is 1. The Bertz CT molecular complexity index is 421. The molecule has 0 bridgehead atoms. The van der Waals surface area contributed by atoms with Crippen molar-refractivity contribution in [1.29, 1.82) is 0 Å². The van der Waals surface area contributed by atoms with Crippen LogP contribution < -0.4 is 5.73 Å². The highest BCUT2D eigenvalue weighted by Crippen LogP contribution is 2.52. The van der Waals surface area contributed by atoms with E-state index in [1.54, 1.807) is 5.56 Å². The molecule has 1 nitrogen and oxygen atoms in total. The molecule has 1 aromatic rings. The van der Waals surface area contributed by atoms with Crippen molar-refractivity contribution in [3.8, 4) is 0 Å². The van der Waals surface area contributed by atoms with Crippen molar-refractivity contribution < 1.29 is 0 Å². The molecule has 0 saturated heterocycles. The molecule has 98 valence electrons. The third-order valence-corrected chi connectivity index (χ3v) is 5.32. The Balaban J connectivity index is 2.11. The largest absolute Gasteiger partial charge is 0.327 e. The quantitative estimate of drug-likeness (QED) is 0.840. The first-order valence-electron chi connectivity index (χ1n) is 7.62. The summed E-state index contributed by atoms with van der Waals surface area (Å²) in [6.45, 7) is 2.32. The van der Waals surface area contributed by atoms with Gasteiger partial charge in [-0.2, -0.15) is 0 Å². The van der Waals surface area contributed by atoms with Crippen LogP contribution in [-0.4, -0.2) is 6.04 Å². The predicted molar refractivity (Wildman–Crippen MR) is 76.7 cm³/mol. The third-order valence-electron chi connectivity index (χ3n) is 5.32. The van der Waals surface area contributed by atoms with Gasteiger partial charge in [0.2, 0.25) is 0 Å². The number of hydrogen-bond donors (Lipinski definition) is 1. The molecule has 2 aliphatic rings. The van der Waals surface area contributed by atoms with Crippen LogP contribution in [-0.2, 0) is 11.8 Å². The second-order valence-corrected chi connectivity index (χ2v) is 6.28. The van der Waals surface area contributed by atoms with Crippen molar-refractivity contribution in [2.45, 2.75) is 63.3 Å². The summed E-state index contributed by atoms with van der Waals surface area (Å²) >= 11 is 0. The molecule has 1 fully saturated rings. The molecule has 1 saturated carbocycles. The lowest BCUT2D eigenvalue weighted by atomic mass is 9.54. The van der Waals surface area contributed by atoms with Gasteiger partial charge < -0.3 is 5.73 Å². The van der Waals surface area contributed by atoms with Crippen molar-refractivity contribution in [2.24, 2.45) is 11.7 Å². The van der Waals surface area contributed by atoms with E-state index >= 15 is 0 Å². The molecule has 3 atom stereocenters. The molecule has 3 rings (SSSR count). The van der Waals surface area contributed by atoms with Gasteiger partial charge in [-0.3, -0.25) is 0 Å². The molecule has 0 aliphatic heterocycles. The van der Waals surface area contributed by atoms with Crippen LogP contribution >= 0.6 is 0 Å². The molecule has 2 aliphatic carbocycles. The molecular weight excluding hydrogens is 218 g/mol. The molecule has 2 N–H and O–H groups in total. The zero-order valence-corrected chi connectivity index (χ0v) is 11.5. The van der Waals surface area contributed by atoms with E-state index in [1.807, 2.05) is 0 Å². The second kappa shape index (κ2) is 4.70. The van der Waals surface area contributed by atoms with Crippen LogP contribution in [0, 0.1) is 5.92 Å². The lowest BCUT2D eigenvalue weighted by molar-refractivity contribution is 0.127. The summed E-state index contributed by atoms with van der Waals surface area (Å²) in [7, 11) is 0. The van der Waals surface area contributed by atoms with Crippen LogP contribution in [0.15, 0.2) is 24.3 Å². The second-order valence-electron chi connectivity index (χ2n) is 6.28. The lowest BCUT2D eigenvalue weighted by Crippen LogP contribution is -2.52. The van der Waals surface area contributed by atoms with Crippen LogP contribution in [0.3, 0.4) is 0 Å². The minimum Gasteiger partial charge on any atom is -0.327 e. The number of rotatable bonds is 2. The molecule has 0 radical (unpaired) electrons. The van der Waals surface area contributed by atoms with Crippen LogP contribution in [0.25, 0.3) is 0 Å². The Hall–Kier alpha value is -0.820. The summed E-state index contributed by atoms with van der Waals surface area (Å²) in [5.41, 5.74) is 10.1. The maximum Gasteiger partial charge on any atom is 0.0116 e. The van der Waals surface area contributed by atoms with E-state index in [0.29, 0.717) is 11.5 Å². The van der Waals surface area contributed by atoms with Gasteiger partial charge in [0.1, 0.15) is 0 Å². The van der Waals surface area contributed by atoms with Gasteiger partial charge in [-0.15, -0.1) is 0 Å². The van der Waals surface area contributed by atoms with Crippen molar-refractivity contribution >= 4 is 0 Å². The van der Waals surface area contributed by atoms with Gasteiger partial charge in [0.25, 0.3) is 0 Å². The molecule has 0 aromatic heterocycles. The smallest absolute Gasteiger partial charge is 0.0116 e. The minimum absolute atomic E-state index is 0.381. The van der Waals surface area contributed by atoms with E-state index < -0.39 is 0 Å². The maximum atomic E-state index is 6.52.